The lowest BCUT2D eigenvalue weighted by Gasteiger charge is -2.14. The van der Waals surface area contributed by atoms with Crippen molar-refractivity contribution in [3.63, 3.8) is 0 Å². The number of hydrogen-bond acceptors (Lipinski definition) is 4. The topological polar surface area (TPSA) is 42.4 Å². The molecule has 0 saturated carbocycles. The van der Waals surface area contributed by atoms with E-state index in [0.717, 1.165) is 0 Å². The molecule has 0 aliphatic carbocycles. The smallest absolute Gasteiger partial charge is 0.341 e. The average Bonchev–Trinajstić information content (AvgIpc) is 2.25. The van der Waals surface area contributed by atoms with Crippen molar-refractivity contribution >= 4 is 23.4 Å². The van der Waals surface area contributed by atoms with Crippen LogP contribution in [0.4, 0.5) is 5.82 Å². The number of hydrogen-bond donors (Lipinski definition) is 0. The highest BCUT2D eigenvalue weighted by atomic mass is 35.5. The van der Waals surface area contributed by atoms with Gasteiger partial charge < -0.3 is 9.64 Å². The van der Waals surface area contributed by atoms with Gasteiger partial charge in [-0.15, -0.1) is 11.6 Å². The van der Waals surface area contributed by atoms with Crippen LogP contribution in [0.5, 0.6) is 0 Å². The average molecular weight is 229 g/mol. The molecule has 0 aromatic carbocycles. The Bertz CT molecular complexity index is 342. The lowest BCUT2D eigenvalue weighted by Crippen LogP contribution is -2.17. The monoisotopic (exact) mass is 228 g/mol. The minimum absolute atomic E-state index is 0.210. The van der Waals surface area contributed by atoms with Gasteiger partial charge in [0, 0.05) is 20.3 Å². The second kappa shape index (κ2) is 5.56. The van der Waals surface area contributed by atoms with Gasteiger partial charge in [0.1, 0.15) is 18.0 Å². The summed E-state index contributed by atoms with van der Waals surface area (Å²) in [6.07, 6.45) is 1.63. The molecule has 0 aliphatic heterocycles. The Labute approximate surface area is 93.8 Å². The van der Waals surface area contributed by atoms with E-state index in [1.54, 1.807) is 23.2 Å². The van der Waals surface area contributed by atoms with Crippen molar-refractivity contribution in [2.75, 3.05) is 31.5 Å². The summed E-state index contributed by atoms with van der Waals surface area (Å²) < 4.78 is 4.93. The third-order valence-corrected chi connectivity index (χ3v) is 1.89. The normalized spacial score (nSPS) is 9.80. The molecule has 0 unspecified atom stereocenters. The molecule has 0 saturated heterocycles. The fraction of sp³-hybridized carbons (Fsp3) is 0.400. The fourth-order valence-electron chi connectivity index (χ4n) is 1.12. The molecule has 0 bridgehead atoms. The second-order valence-corrected chi connectivity index (χ2v) is 3.47. The van der Waals surface area contributed by atoms with Gasteiger partial charge >= 0.3 is 5.97 Å². The Hall–Kier alpha value is -1.29. The minimum atomic E-state index is -0.396. The number of anilines is 1. The summed E-state index contributed by atoms with van der Waals surface area (Å²) in [5, 5.41) is 0. The van der Waals surface area contributed by atoms with Gasteiger partial charge in [0.25, 0.3) is 0 Å². The van der Waals surface area contributed by atoms with Crippen LogP contribution in [-0.4, -0.2) is 37.5 Å². The molecule has 5 heteroatoms. The Morgan fingerprint density at radius 3 is 2.93 bits per heavy atom. The Kier molecular flexibility index (Phi) is 4.37. The molecule has 0 amide bonds. The first-order valence-electron chi connectivity index (χ1n) is 4.52. The predicted octanol–water partition coefficient (Wildman–Crippen LogP) is 1.54. The first-order valence-corrected chi connectivity index (χ1v) is 5.05. The SMILES string of the molecule is CN(C)c1ncccc1C(=O)OCCCl. The minimum Gasteiger partial charge on any atom is -0.461 e. The molecular weight excluding hydrogens is 216 g/mol. The van der Waals surface area contributed by atoms with E-state index in [4.69, 9.17) is 16.3 Å². The van der Waals surface area contributed by atoms with Crippen molar-refractivity contribution in [1.29, 1.82) is 0 Å². The largest absolute Gasteiger partial charge is 0.461 e. The summed E-state index contributed by atoms with van der Waals surface area (Å²) in [5.41, 5.74) is 0.451. The molecule has 1 rings (SSSR count). The zero-order valence-electron chi connectivity index (χ0n) is 8.74. The zero-order valence-corrected chi connectivity index (χ0v) is 9.49. The van der Waals surface area contributed by atoms with Crippen LogP contribution in [0.25, 0.3) is 0 Å². The molecule has 1 aromatic rings. The van der Waals surface area contributed by atoms with Gasteiger partial charge in [0.15, 0.2) is 0 Å². The quantitative estimate of drug-likeness (QED) is 0.579. The van der Waals surface area contributed by atoms with Crippen LogP contribution in [-0.2, 0) is 4.74 Å². The zero-order chi connectivity index (χ0) is 11.3. The summed E-state index contributed by atoms with van der Waals surface area (Å²) in [6, 6.07) is 3.38. The number of pyridine rings is 1. The van der Waals surface area contributed by atoms with E-state index in [9.17, 15) is 4.79 Å². The first-order chi connectivity index (χ1) is 7.16. The maximum Gasteiger partial charge on any atom is 0.341 e. The maximum absolute atomic E-state index is 11.6. The summed E-state index contributed by atoms with van der Waals surface area (Å²) in [4.78, 5) is 17.4. The highest BCUT2D eigenvalue weighted by Crippen LogP contribution is 2.15. The van der Waals surface area contributed by atoms with Crippen LogP contribution in [0.2, 0.25) is 0 Å². The fourth-order valence-corrected chi connectivity index (χ4v) is 1.20. The molecule has 15 heavy (non-hydrogen) atoms. The van der Waals surface area contributed by atoms with Crippen LogP contribution in [0.15, 0.2) is 18.3 Å². The molecule has 0 radical (unpaired) electrons. The summed E-state index contributed by atoms with van der Waals surface area (Å²) in [6.45, 7) is 0.210. The number of rotatable bonds is 4. The van der Waals surface area contributed by atoms with Crippen LogP contribution in [0.3, 0.4) is 0 Å². The maximum atomic E-state index is 11.6. The van der Waals surface area contributed by atoms with Gasteiger partial charge in [-0.1, -0.05) is 0 Å². The van der Waals surface area contributed by atoms with E-state index < -0.39 is 5.97 Å². The molecule has 0 fully saturated rings. The lowest BCUT2D eigenvalue weighted by molar-refractivity contribution is 0.0529. The molecule has 4 nitrogen and oxygen atoms in total. The van der Waals surface area contributed by atoms with Crippen LogP contribution < -0.4 is 4.90 Å². The highest BCUT2D eigenvalue weighted by Gasteiger charge is 2.14. The molecular formula is C10H13ClN2O2. The molecule has 0 aliphatic rings. The second-order valence-electron chi connectivity index (χ2n) is 3.09. The summed E-state index contributed by atoms with van der Waals surface area (Å²) in [5.74, 6) is 0.494. The first kappa shape index (κ1) is 11.8. The van der Waals surface area contributed by atoms with E-state index in [1.165, 1.54) is 0 Å². The predicted molar refractivity (Wildman–Crippen MR) is 59.6 cm³/mol. The van der Waals surface area contributed by atoms with Gasteiger partial charge in [-0.2, -0.15) is 0 Å². The Morgan fingerprint density at radius 1 is 1.60 bits per heavy atom. The molecule has 0 N–H and O–H groups in total. The number of aromatic nitrogens is 1. The number of halogens is 1. The van der Waals surface area contributed by atoms with E-state index in [0.29, 0.717) is 17.3 Å². The molecule has 0 spiro atoms. The van der Waals surface area contributed by atoms with Crippen molar-refractivity contribution in [1.82, 2.24) is 4.98 Å². The van der Waals surface area contributed by atoms with Crippen LogP contribution in [0.1, 0.15) is 10.4 Å². The number of esters is 1. The van der Waals surface area contributed by atoms with Gasteiger partial charge in [0.05, 0.1) is 5.88 Å². The van der Waals surface area contributed by atoms with Crippen LogP contribution >= 0.6 is 11.6 Å². The van der Waals surface area contributed by atoms with Crippen molar-refractivity contribution in [2.45, 2.75) is 0 Å². The van der Waals surface area contributed by atoms with Crippen molar-refractivity contribution in [3.05, 3.63) is 23.9 Å². The molecule has 82 valence electrons. The highest BCUT2D eigenvalue weighted by molar-refractivity contribution is 6.18. The van der Waals surface area contributed by atoms with E-state index in [-0.39, 0.29) is 6.61 Å². The van der Waals surface area contributed by atoms with Crippen LogP contribution in [0, 0.1) is 0 Å². The van der Waals surface area contributed by atoms with Gasteiger partial charge in [-0.3, -0.25) is 0 Å². The summed E-state index contributed by atoms with van der Waals surface area (Å²) >= 11 is 5.43. The molecule has 0 atom stereocenters. The number of ether oxygens (including phenoxy) is 1. The number of alkyl halides is 1. The Morgan fingerprint density at radius 2 is 2.33 bits per heavy atom. The third kappa shape index (κ3) is 3.09. The van der Waals surface area contributed by atoms with Gasteiger partial charge in [-0.05, 0) is 12.1 Å². The van der Waals surface area contributed by atoms with Gasteiger partial charge in [0.2, 0.25) is 0 Å². The third-order valence-electron chi connectivity index (χ3n) is 1.74. The van der Waals surface area contributed by atoms with Crippen molar-refractivity contribution < 1.29 is 9.53 Å². The van der Waals surface area contributed by atoms with Gasteiger partial charge in [-0.25, -0.2) is 9.78 Å². The molecule has 1 heterocycles. The number of nitrogens with zero attached hydrogens (tertiary/aromatic N) is 2. The van der Waals surface area contributed by atoms with Crippen molar-refractivity contribution in [3.8, 4) is 0 Å². The van der Waals surface area contributed by atoms with E-state index in [2.05, 4.69) is 4.98 Å². The Balaban J connectivity index is 2.87. The number of carbonyl (C=O) groups excluding carboxylic acids is 1. The lowest BCUT2D eigenvalue weighted by atomic mass is 10.2. The summed E-state index contributed by atoms with van der Waals surface area (Å²) in [7, 11) is 3.64. The van der Waals surface area contributed by atoms with E-state index in [1.807, 2.05) is 14.1 Å². The standard InChI is InChI=1S/C10H13ClN2O2/c1-13(2)9-8(4-3-6-12-9)10(14)15-7-5-11/h3-4,6H,5,7H2,1-2H3. The number of carbonyl (C=O) groups is 1. The van der Waals surface area contributed by atoms with E-state index >= 15 is 0 Å². The van der Waals surface area contributed by atoms with Crippen molar-refractivity contribution in [2.24, 2.45) is 0 Å². The molecule has 1 aromatic heterocycles.